The molecule has 0 radical (unpaired) electrons. The molecule has 0 aromatic carbocycles. The Morgan fingerprint density at radius 3 is 2.52 bits per heavy atom. The van der Waals surface area contributed by atoms with E-state index in [2.05, 4.69) is 5.10 Å². The molecule has 0 unspecified atom stereocenters. The van der Waals surface area contributed by atoms with Crippen molar-refractivity contribution in [2.24, 2.45) is 0 Å². The van der Waals surface area contributed by atoms with Crippen molar-refractivity contribution in [3.05, 3.63) is 17.5 Å². The number of hydrogen-bond acceptors (Lipinski definition) is 3. The highest BCUT2D eigenvalue weighted by Crippen LogP contribution is 2.20. The van der Waals surface area contributed by atoms with Crippen molar-refractivity contribution in [1.82, 2.24) is 19.6 Å². The average Bonchev–Trinajstić information content (AvgIpc) is 2.97. The molecule has 0 aliphatic carbocycles. The molecule has 21 heavy (non-hydrogen) atoms. The molecule has 2 aliphatic rings. The fourth-order valence-electron chi connectivity index (χ4n) is 3.15. The summed E-state index contributed by atoms with van der Waals surface area (Å²) >= 11 is 0. The van der Waals surface area contributed by atoms with Gasteiger partial charge in [-0.2, -0.15) is 5.10 Å². The summed E-state index contributed by atoms with van der Waals surface area (Å²) in [4.78, 5) is 28.0. The number of hydrogen-bond donors (Lipinski definition) is 0. The van der Waals surface area contributed by atoms with E-state index in [1.54, 1.807) is 6.20 Å². The van der Waals surface area contributed by atoms with Crippen LogP contribution in [0.5, 0.6) is 0 Å². The van der Waals surface area contributed by atoms with Crippen LogP contribution in [-0.4, -0.2) is 57.6 Å². The van der Waals surface area contributed by atoms with E-state index in [0.29, 0.717) is 32.6 Å². The zero-order valence-corrected chi connectivity index (χ0v) is 12.5. The van der Waals surface area contributed by atoms with Gasteiger partial charge in [-0.1, -0.05) is 6.92 Å². The Hall–Kier alpha value is -1.85. The Labute approximate surface area is 124 Å². The Balaban J connectivity index is 1.67. The van der Waals surface area contributed by atoms with Crippen molar-refractivity contribution in [1.29, 1.82) is 0 Å². The van der Waals surface area contributed by atoms with E-state index in [9.17, 15) is 9.59 Å². The molecule has 0 saturated carbocycles. The van der Waals surface area contributed by atoms with Crippen LogP contribution in [-0.2, 0) is 17.8 Å². The lowest BCUT2D eigenvalue weighted by atomic mass is 10.1. The molecule has 6 heteroatoms. The van der Waals surface area contributed by atoms with E-state index in [4.69, 9.17) is 0 Å². The third-order valence-electron chi connectivity index (χ3n) is 4.43. The van der Waals surface area contributed by atoms with Gasteiger partial charge in [0.15, 0.2) is 0 Å². The molecule has 0 N–H and O–H groups in total. The Morgan fingerprint density at radius 1 is 1.10 bits per heavy atom. The second kappa shape index (κ2) is 5.87. The number of rotatable bonds is 2. The van der Waals surface area contributed by atoms with Crippen LogP contribution in [0.15, 0.2) is 6.20 Å². The summed E-state index contributed by atoms with van der Waals surface area (Å²) in [6.45, 7) is 5.31. The summed E-state index contributed by atoms with van der Waals surface area (Å²) in [6.07, 6.45) is 5.46. The molecule has 6 nitrogen and oxygen atoms in total. The van der Waals surface area contributed by atoms with Gasteiger partial charge < -0.3 is 9.80 Å². The topological polar surface area (TPSA) is 58.4 Å². The number of carbonyl (C=O) groups is 2. The van der Waals surface area contributed by atoms with Crippen molar-refractivity contribution in [3.8, 4) is 0 Å². The number of carbonyl (C=O) groups excluding carboxylic acids is 2. The lowest BCUT2D eigenvalue weighted by Gasteiger charge is -2.34. The molecule has 1 fully saturated rings. The second-order valence-electron chi connectivity index (χ2n) is 5.71. The average molecular weight is 290 g/mol. The van der Waals surface area contributed by atoms with Gasteiger partial charge in [0, 0.05) is 39.1 Å². The minimum absolute atomic E-state index is 0.0711. The molecular formula is C15H22N4O2. The number of aryl methyl sites for hydroxylation is 1. The standard InChI is InChI=1S/C15H22N4O2/c1-2-14(20)17-7-9-18(10-8-17)15(21)12-11-16-19-6-4-3-5-13(12)19/h11H,2-10H2,1H3. The first kappa shape index (κ1) is 14.1. The summed E-state index contributed by atoms with van der Waals surface area (Å²) in [6, 6.07) is 0. The van der Waals surface area contributed by atoms with Crippen LogP contribution >= 0.6 is 0 Å². The molecule has 1 aromatic rings. The molecule has 1 aromatic heterocycles. The van der Waals surface area contributed by atoms with Gasteiger partial charge in [0.2, 0.25) is 5.91 Å². The van der Waals surface area contributed by atoms with E-state index in [0.717, 1.165) is 37.1 Å². The van der Waals surface area contributed by atoms with Gasteiger partial charge in [0.1, 0.15) is 0 Å². The molecule has 0 atom stereocenters. The minimum Gasteiger partial charge on any atom is -0.339 e. The number of fused-ring (bicyclic) bond motifs is 1. The largest absolute Gasteiger partial charge is 0.339 e. The minimum atomic E-state index is 0.0711. The Bertz CT molecular complexity index is 544. The number of piperazine rings is 1. The van der Waals surface area contributed by atoms with E-state index in [-0.39, 0.29) is 11.8 Å². The quantitative estimate of drug-likeness (QED) is 0.813. The number of amides is 2. The maximum atomic E-state index is 12.6. The van der Waals surface area contributed by atoms with Crippen LogP contribution < -0.4 is 0 Å². The third-order valence-corrected chi connectivity index (χ3v) is 4.43. The van der Waals surface area contributed by atoms with Crippen molar-refractivity contribution in [3.63, 3.8) is 0 Å². The van der Waals surface area contributed by atoms with Gasteiger partial charge in [0.05, 0.1) is 17.5 Å². The van der Waals surface area contributed by atoms with E-state index < -0.39 is 0 Å². The first-order valence-electron chi connectivity index (χ1n) is 7.82. The number of nitrogens with zero attached hydrogens (tertiary/aromatic N) is 4. The summed E-state index contributed by atoms with van der Waals surface area (Å²) in [5.74, 6) is 0.242. The van der Waals surface area contributed by atoms with Crippen LogP contribution in [0, 0.1) is 0 Å². The van der Waals surface area contributed by atoms with Crippen molar-refractivity contribution >= 4 is 11.8 Å². The molecule has 2 amide bonds. The van der Waals surface area contributed by atoms with Gasteiger partial charge >= 0.3 is 0 Å². The van der Waals surface area contributed by atoms with Gasteiger partial charge in [-0.15, -0.1) is 0 Å². The summed E-state index contributed by atoms with van der Waals surface area (Å²) in [7, 11) is 0. The summed E-state index contributed by atoms with van der Waals surface area (Å²) in [5, 5.41) is 4.33. The highest BCUT2D eigenvalue weighted by Gasteiger charge is 2.27. The maximum absolute atomic E-state index is 12.6. The predicted molar refractivity (Wildman–Crippen MR) is 77.9 cm³/mol. The van der Waals surface area contributed by atoms with Gasteiger partial charge in [-0.25, -0.2) is 0 Å². The first-order chi connectivity index (χ1) is 10.2. The maximum Gasteiger partial charge on any atom is 0.257 e. The van der Waals surface area contributed by atoms with Crippen LogP contribution in [0.3, 0.4) is 0 Å². The molecule has 114 valence electrons. The predicted octanol–water partition coefficient (Wildman–Crippen LogP) is 0.914. The van der Waals surface area contributed by atoms with E-state index in [1.165, 1.54) is 0 Å². The summed E-state index contributed by atoms with van der Waals surface area (Å²) in [5.41, 5.74) is 1.84. The second-order valence-corrected chi connectivity index (χ2v) is 5.71. The molecule has 3 rings (SSSR count). The van der Waals surface area contributed by atoms with E-state index in [1.807, 2.05) is 21.4 Å². The molecular weight excluding hydrogens is 268 g/mol. The fraction of sp³-hybridized carbons (Fsp3) is 0.667. The summed E-state index contributed by atoms with van der Waals surface area (Å²) < 4.78 is 1.97. The lowest BCUT2D eigenvalue weighted by molar-refractivity contribution is -0.132. The Kier molecular flexibility index (Phi) is 3.94. The monoisotopic (exact) mass is 290 g/mol. The van der Waals surface area contributed by atoms with Crippen LogP contribution in [0.4, 0.5) is 0 Å². The fourth-order valence-corrected chi connectivity index (χ4v) is 3.15. The lowest BCUT2D eigenvalue weighted by Crippen LogP contribution is -2.50. The smallest absolute Gasteiger partial charge is 0.257 e. The van der Waals surface area contributed by atoms with Crippen LogP contribution in [0.1, 0.15) is 42.2 Å². The highest BCUT2D eigenvalue weighted by atomic mass is 16.2. The van der Waals surface area contributed by atoms with Crippen LogP contribution in [0.25, 0.3) is 0 Å². The Morgan fingerprint density at radius 2 is 1.81 bits per heavy atom. The molecule has 3 heterocycles. The molecule has 0 bridgehead atoms. The van der Waals surface area contributed by atoms with Crippen molar-refractivity contribution in [2.75, 3.05) is 26.2 Å². The SMILES string of the molecule is CCC(=O)N1CCN(C(=O)c2cnn3c2CCCC3)CC1. The zero-order valence-electron chi connectivity index (χ0n) is 12.5. The van der Waals surface area contributed by atoms with Crippen molar-refractivity contribution < 1.29 is 9.59 Å². The molecule has 2 aliphatic heterocycles. The first-order valence-corrected chi connectivity index (χ1v) is 7.82. The number of aromatic nitrogens is 2. The molecule has 1 saturated heterocycles. The van der Waals surface area contributed by atoms with Gasteiger partial charge in [-0.3, -0.25) is 14.3 Å². The van der Waals surface area contributed by atoms with Crippen LogP contribution in [0.2, 0.25) is 0 Å². The zero-order chi connectivity index (χ0) is 14.8. The van der Waals surface area contributed by atoms with E-state index >= 15 is 0 Å². The van der Waals surface area contributed by atoms with Gasteiger partial charge in [-0.05, 0) is 19.3 Å². The third kappa shape index (κ3) is 2.66. The van der Waals surface area contributed by atoms with Gasteiger partial charge in [0.25, 0.3) is 5.91 Å². The normalized spacial score (nSPS) is 18.5. The van der Waals surface area contributed by atoms with Crippen molar-refractivity contribution in [2.45, 2.75) is 39.2 Å². The highest BCUT2D eigenvalue weighted by molar-refractivity contribution is 5.95. The molecule has 0 spiro atoms.